The fourth-order valence-corrected chi connectivity index (χ4v) is 1.79. The second-order valence-electron chi connectivity index (χ2n) is 4.35. The van der Waals surface area contributed by atoms with Crippen molar-refractivity contribution < 1.29 is 14.8 Å². The van der Waals surface area contributed by atoms with Crippen molar-refractivity contribution in [3.63, 3.8) is 0 Å². The minimum atomic E-state index is -0.778. The summed E-state index contributed by atoms with van der Waals surface area (Å²) in [6, 6.07) is 2.91. The molecule has 1 saturated heterocycles. The first kappa shape index (κ1) is 12.7. The van der Waals surface area contributed by atoms with Gasteiger partial charge in [-0.1, -0.05) is 0 Å². The van der Waals surface area contributed by atoms with E-state index in [0.29, 0.717) is 38.3 Å². The number of hydrogen-bond acceptors (Lipinski definition) is 6. The lowest BCUT2D eigenvalue weighted by Crippen LogP contribution is -2.42. The Morgan fingerprint density at radius 3 is 2.78 bits per heavy atom. The molecular weight excluding hydrogens is 238 g/mol. The minimum Gasteiger partial charge on any atom is -0.388 e. The number of pyridine rings is 1. The van der Waals surface area contributed by atoms with Crippen molar-refractivity contribution >= 4 is 11.5 Å². The van der Waals surface area contributed by atoms with Crippen molar-refractivity contribution in [2.75, 3.05) is 25.1 Å². The van der Waals surface area contributed by atoms with Crippen LogP contribution in [0.1, 0.15) is 12.8 Å². The quantitative estimate of drug-likeness (QED) is 0.612. The molecule has 1 aliphatic rings. The van der Waals surface area contributed by atoms with Crippen molar-refractivity contribution in [3.05, 3.63) is 28.4 Å². The van der Waals surface area contributed by atoms with Gasteiger partial charge in [-0.25, -0.2) is 0 Å². The molecule has 2 heterocycles. The summed E-state index contributed by atoms with van der Waals surface area (Å²) in [4.78, 5) is 13.6. The summed E-state index contributed by atoms with van der Waals surface area (Å²) < 4.78 is 5.18. The topological polar surface area (TPSA) is 97.5 Å². The Labute approximate surface area is 104 Å². The molecule has 0 aromatic carbocycles. The molecule has 1 aromatic heterocycles. The molecule has 7 heteroatoms. The van der Waals surface area contributed by atoms with E-state index in [2.05, 4.69) is 10.3 Å². The number of nitrogens with one attached hydrogen (secondary N) is 1. The van der Waals surface area contributed by atoms with Crippen LogP contribution in [0, 0.1) is 10.1 Å². The first-order chi connectivity index (χ1) is 8.59. The molecule has 0 bridgehead atoms. The van der Waals surface area contributed by atoms with E-state index in [0.717, 1.165) is 0 Å². The Morgan fingerprint density at radius 2 is 2.22 bits per heavy atom. The van der Waals surface area contributed by atoms with E-state index in [9.17, 15) is 15.2 Å². The highest BCUT2D eigenvalue weighted by molar-refractivity contribution is 5.43. The van der Waals surface area contributed by atoms with Crippen LogP contribution in [0.3, 0.4) is 0 Å². The zero-order chi connectivity index (χ0) is 13.0. The average Bonchev–Trinajstić information content (AvgIpc) is 2.38. The Hall–Kier alpha value is -1.73. The number of aliphatic hydroxyl groups is 1. The van der Waals surface area contributed by atoms with Gasteiger partial charge in [0, 0.05) is 38.7 Å². The third-order valence-electron chi connectivity index (χ3n) is 2.98. The molecule has 1 fully saturated rings. The van der Waals surface area contributed by atoms with E-state index in [-0.39, 0.29) is 5.82 Å². The summed E-state index contributed by atoms with van der Waals surface area (Å²) in [5.74, 6) is -0.190. The first-order valence-corrected chi connectivity index (χ1v) is 5.74. The van der Waals surface area contributed by atoms with Gasteiger partial charge in [0.25, 0.3) is 0 Å². The van der Waals surface area contributed by atoms with Gasteiger partial charge in [0.05, 0.1) is 11.3 Å². The second kappa shape index (κ2) is 5.28. The van der Waals surface area contributed by atoms with Gasteiger partial charge in [-0.15, -0.1) is 0 Å². The smallest absolute Gasteiger partial charge is 0.363 e. The highest BCUT2D eigenvalue weighted by Crippen LogP contribution is 2.21. The number of hydrogen-bond donors (Lipinski definition) is 2. The lowest BCUT2D eigenvalue weighted by molar-refractivity contribution is -0.389. The Morgan fingerprint density at radius 1 is 1.50 bits per heavy atom. The summed E-state index contributed by atoms with van der Waals surface area (Å²) in [5, 5.41) is 23.7. The molecule has 7 nitrogen and oxygen atoms in total. The molecule has 0 atom stereocenters. The van der Waals surface area contributed by atoms with Crippen molar-refractivity contribution in [2.24, 2.45) is 0 Å². The zero-order valence-corrected chi connectivity index (χ0v) is 9.83. The van der Waals surface area contributed by atoms with Gasteiger partial charge < -0.3 is 25.3 Å². The molecule has 0 saturated carbocycles. The molecule has 0 spiro atoms. The molecule has 1 aliphatic heterocycles. The number of anilines is 1. The molecule has 2 N–H and O–H groups in total. The monoisotopic (exact) mass is 253 g/mol. The molecular formula is C11H15N3O4. The zero-order valence-electron chi connectivity index (χ0n) is 9.83. The molecule has 98 valence electrons. The van der Waals surface area contributed by atoms with Gasteiger partial charge in [0.2, 0.25) is 0 Å². The second-order valence-corrected chi connectivity index (χ2v) is 4.35. The largest absolute Gasteiger partial charge is 0.388 e. The van der Waals surface area contributed by atoms with E-state index in [1.165, 1.54) is 12.3 Å². The van der Waals surface area contributed by atoms with E-state index in [1.807, 2.05) is 0 Å². The summed E-state index contributed by atoms with van der Waals surface area (Å²) >= 11 is 0. The number of nitro groups is 1. The van der Waals surface area contributed by atoms with Crippen LogP contribution in [0.25, 0.3) is 0 Å². The third kappa shape index (κ3) is 3.14. The number of aromatic nitrogens is 1. The number of rotatable bonds is 4. The fourth-order valence-electron chi connectivity index (χ4n) is 1.79. The normalized spacial score (nSPS) is 18.3. The molecule has 0 radical (unpaired) electrons. The van der Waals surface area contributed by atoms with Gasteiger partial charge in [0.1, 0.15) is 0 Å². The molecule has 0 aliphatic carbocycles. The Balaban J connectivity index is 1.91. The SMILES string of the molecule is O=[N+]([O-])c1ccc(NCC2(O)CCOCC2)cn1. The van der Waals surface area contributed by atoms with Crippen molar-refractivity contribution in [2.45, 2.75) is 18.4 Å². The summed E-state index contributed by atoms with van der Waals surface area (Å²) in [5.41, 5.74) is -0.124. The Kier molecular flexibility index (Phi) is 3.73. The molecule has 0 amide bonds. The predicted molar refractivity (Wildman–Crippen MR) is 64.4 cm³/mol. The highest BCUT2D eigenvalue weighted by Gasteiger charge is 2.29. The van der Waals surface area contributed by atoms with Crippen molar-refractivity contribution in [1.29, 1.82) is 0 Å². The van der Waals surface area contributed by atoms with Crippen molar-refractivity contribution in [1.82, 2.24) is 4.98 Å². The van der Waals surface area contributed by atoms with Crippen LogP contribution in [0.15, 0.2) is 18.3 Å². The maximum atomic E-state index is 10.4. The summed E-state index contributed by atoms with van der Waals surface area (Å²) in [6.07, 6.45) is 2.56. The molecule has 0 unspecified atom stereocenters. The number of nitrogens with zero attached hydrogens (tertiary/aromatic N) is 2. The summed E-state index contributed by atoms with van der Waals surface area (Å²) in [7, 11) is 0. The predicted octanol–water partition coefficient (Wildman–Crippen LogP) is 0.943. The average molecular weight is 253 g/mol. The summed E-state index contributed by atoms with van der Waals surface area (Å²) in [6.45, 7) is 1.49. The minimum absolute atomic E-state index is 0.190. The molecule has 1 aromatic rings. The van der Waals surface area contributed by atoms with Crippen LogP contribution >= 0.6 is 0 Å². The maximum absolute atomic E-state index is 10.4. The maximum Gasteiger partial charge on any atom is 0.363 e. The van der Waals surface area contributed by atoms with Crippen LogP contribution in [-0.4, -0.2) is 40.4 Å². The molecule has 18 heavy (non-hydrogen) atoms. The Bertz CT molecular complexity index is 415. The van der Waals surface area contributed by atoms with Gasteiger partial charge in [0.15, 0.2) is 6.20 Å². The van der Waals surface area contributed by atoms with Crippen LogP contribution in [0.4, 0.5) is 11.5 Å². The molecule has 2 rings (SSSR count). The van der Waals surface area contributed by atoms with E-state index in [1.54, 1.807) is 6.07 Å². The van der Waals surface area contributed by atoms with Crippen molar-refractivity contribution in [3.8, 4) is 0 Å². The standard InChI is InChI=1S/C11H15N3O4/c15-11(3-5-18-6-4-11)8-13-9-1-2-10(12-7-9)14(16)17/h1-2,7,13,15H,3-6,8H2. The highest BCUT2D eigenvalue weighted by atomic mass is 16.6. The van der Waals surface area contributed by atoms with Crippen LogP contribution in [-0.2, 0) is 4.74 Å². The lowest BCUT2D eigenvalue weighted by atomic mass is 9.94. The van der Waals surface area contributed by atoms with Crippen LogP contribution < -0.4 is 5.32 Å². The van der Waals surface area contributed by atoms with Crippen LogP contribution in [0.5, 0.6) is 0 Å². The number of ether oxygens (including phenoxy) is 1. The van der Waals surface area contributed by atoms with E-state index in [4.69, 9.17) is 4.74 Å². The fraction of sp³-hybridized carbons (Fsp3) is 0.545. The van der Waals surface area contributed by atoms with E-state index < -0.39 is 10.5 Å². The third-order valence-corrected chi connectivity index (χ3v) is 2.98. The van der Waals surface area contributed by atoms with E-state index >= 15 is 0 Å². The van der Waals surface area contributed by atoms with Gasteiger partial charge in [-0.05, 0) is 16.0 Å². The van der Waals surface area contributed by atoms with Gasteiger partial charge in [-0.3, -0.25) is 0 Å². The van der Waals surface area contributed by atoms with Gasteiger partial charge in [-0.2, -0.15) is 0 Å². The van der Waals surface area contributed by atoms with Crippen LogP contribution in [0.2, 0.25) is 0 Å². The lowest BCUT2D eigenvalue weighted by Gasteiger charge is -2.32. The first-order valence-electron chi connectivity index (χ1n) is 5.74. The van der Waals surface area contributed by atoms with Gasteiger partial charge >= 0.3 is 5.82 Å².